The number of nitrogens with one attached hydrogen (secondary N) is 2. The van der Waals surface area contributed by atoms with Gasteiger partial charge in [0.15, 0.2) is 0 Å². The number of methoxy groups -OCH3 is 1. The minimum atomic E-state index is -0.663. The van der Waals surface area contributed by atoms with Crippen LogP contribution >= 0.6 is 0 Å². The lowest BCUT2D eigenvalue weighted by atomic mass is 9.87. The van der Waals surface area contributed by atoms with Crippen molar-refractivity contribution in [1.29, 1.82) is 0 Å². The molecule has 0 spiro atoms. The molecular weight excluding hydrogens is 276 g/mol. The van der Waals surface area contributed by atoms with E-state index in [1.165, 1.54) is 5.56 Å². The van der Waals surface area contributed by atoms with Gasteiger partial charge in [-0.1, -0.05) is 44.2 Å². The minimum Gasteiger partial charge on any atom is -0.368 e. The minimum absolute atomic E-state index is 0.0260. The van der Waals surface area contributed by atoms with Crippen molar-refractivity contribution in [1.82, 2.24) is 10.6 Å². The van der Waals surface area contributed by atoms with Crippen molar-refractivity contribution in [3.05, 3.63) is 35.9 Å². The van der Waals surface area contributed by atoms with E-state index < -0.39 is 5.60 Å². The summed E-state index contributed by atoms with van der Waals surface area (Å²) in [6.45, 7) is 6.70. The first-order valence-electron chi connectivity index (χ1n) is 8.18. The average molecular weight is 304 g/mol. The van der Waals surface area contributed by atoms with E-state index in [9.17, 15) is 4.79 Å². The van der Waals surface area contributed by atoms with E-state index in [2.05, 4.69) is 48.7 Å². The summed E-state index contributed by atoms with van der Waals surface area (Å²) < 4.78 is 5.59. The maximum Gasteiger partial charge on any atom is 0.252 e. The number of rotatable bonds is 6. The second-order valence-electron chi connectivity index (χ2n) is 6.42. The van der Waals surface area contributed by atoms with E-state index in [0.717, 1.165) is 25.9 Å². The van der Waals surface area contributed by atoms with Crippen LogP contribution in [0.1, 0.15) is 38.2 Å². The molecule has 122 valence electrons. The van der Waals surface area contributed by atoms with E-state index in [0.29, 0.717) is 18.4 Å². The first-order valence-corrected chi connectivity index (χ1v) is 8.18. The molecular formula is C18H28N2O2. The normalized spacial score (nSPS) is 18.9. The SMILES string of the molecule is COC1(C(=O)NCC(c2ccccc2)C(C)C)CCNCC1. The fourth-order valence-electron chi connectivity index (χ4n) is 3.16. The second-order valence-corrected chi connectivity index (χ2v) is 6.42. The number of hydrogen-bond acceptors (Lipinski definition) is 3. The lowest BCUT2D eigenvalue weighted by Crippen LogP contribution is -2.54. The van der Waals surface area contributed by atoms with Crippen LogP contribution in [0.2, 0.25) is 0 Å². The highest BCUT2D eigenvalue weighted by Gasteiger charge is 2.39. The lowest BCUT2D eigenvalue weighted by molar-refractivity contribution is -0.146. The Bertz CT molecular complexity index is 467. The molecule has 1 saturated heterocycles. The van der Waals surface area contributed by atoms with Gasteiger partial charge in [-0.25, -0.2) is 0 Å². The molecule has 0 radical (unpaired) electrons. The van der Waals surface area contributed by atoms with E-state index in [1.807, 2.05) is 6.07 Å². The molecule has 4 nitrogen and oxygen atoms in total. The topological polar surface area (TPSA) is 50.4 Å². The molecule has 1 atom stereocenters. The number of benzene rings is 1. The lowest BCUT2D eigenvalue weighted by Gasteiger charge is -2.35. The molecule has 1 aliphatic heterocycles. The third-order valence-corrected chi connectivity index (χ3v) is 4.73. The molecule has 1 fully saturated rings. The molecule has 22 heavy (non-hydrogen) atoms. The first kappa shape index (κ1) is 17.0. The van der Waals surface area contributed by atoms with Gasteiger partial charge < -0.3 is 15.4 Å². The van der Waals surface area contributed by atoms with Crippen molar-refractivity contribution < 1.29 is 9.53 Å². The maximum atomic E-state index is 12.6. The molecule has 4 heteroatoms. The van der Waals surface area contributed by atoms with Crippen LogP contribution in [0.5, 0.6) is 0 Å². The van der Waals surface area contributed by atoms with Gasteiger partial charge in [0.05, 0.1) is 0 Å². The fraction of sp³-hybridized carbons (Fsp3) is 0.611. The van der Waals surface area contributed by atoms with Gasteiger partial charge in [0, 0.05) is 19.6 Å². The zero-order chi connectivity index (χ0) is 16.0. The third-order valence-electron chi connectivity index (χ3n) is 4.73. The Balaban J connectivity index is 2.01. The molecule has 1 aliphatic rings. The van der Waals surface area contributed by atoms with Crippen LogP contribution in [0.25, 0.3) is 0 Å². The molecule has 0 aromatic heterocycles. The predicted octanol–water partition coefficient (Wildman–Crippen LogP) is 2.31. The van der Waals surface area contributed by atoms with Crippen LogP contribution in [0.3, 0.4) is 0 Å². The van der Waals surface area contributed by atoms with Gasteiger partial charge in [-0.3, -0.25) is 4.79 Å². The number of ether oxygens (including phenoxy) is 1. The summed E-state index contributed by atoms with van der Waals surface area (Å²) in [6.07, 6.45) is 1.46. The summed E-state index contributed by atoms with van der Waals surface area (Å²) in [5, 5.41) is 6.41. The summed E-state index contributed by atoms with van der Waals surface area (Å²) in [4.78, 5) is 12.6. The van der Waals surface area contributed by atoms with Gasteiger partial charge in [-0.2, -0.15) is 0 Å². The predicted molar refractivity (Wildman–Crippen MR) is 88.9 cm³/mol. The zero-order valence-electron chi connectivity index (χ0n) is 13.9. The first-order chi connectivity index (χ1) is 10.6. The standard InChI is InChI=1S/C18H28N2O2/c1-14(2)16(15-7-5-4-6-8-15)13-20-17(21)18(22-3)9-11-19-12-10-18/h4-8,14,16,19H,9-13H2,1-3H3,(H,20,21). The van der Waals surface area contributed by atoms with Crippen LogP contribution < -0.4 is 10.6 Å². The van der Waals surface area contributed by atoms with Gasteiger partial charge in [-0.05, 0) is 37.4 Å². The Morgan fingerprint density at radius 2 is 1.91 bits per heavy atom. The smallest absolute Gasteiger partial charge is 0.252 e. The largest absolute Gasteiger partial charge is 0.368 e. The highest BCUT2D eigenvalue weighted by atomic mass is 16.5. The van der Waals surface area contributed by atoms with E-state index in [4.69, 9.17) is 4.74 Å². The number of hydrogen-bond donors (Lipinski definition) is 2. The summed E-state index contributed by atoms with van der Waals surface area (Å²) in [6, 6.07) is 10.4. The molecule has 2 N–H and O–H groups in total. The van der Waals surface area contributed by atoms with Crippen LogP contribution in [0, 0.1) is 5.92 Å². The zero-order valence-corrected chi connectivity index (χ0v) is 13.9. The van der Waals surface area contributed by atoms with Gasteiger partial charge in [0.2, 0.25) is 0 Å². The quantitative estimate of drug-likeness (QED) is 0.848. The van der Waals surface area contributed by atoms with Crippen LogP contribution in [0.4, 0.5) is 0 Å². The number of amides is 1. The summed E-state index contributed by atoms with van der Waals surface area (Å²) >= 11 is 0. The molecule has 1 heterocycles. The van der Waals surface area contributed by atoms with E-state index >= 15 is 0 Å². The van der Waals surface area contributed by atoms with Gasteiger partial charge in [-0.15, -0.1) is 0 Å². The van der Waals surface area contributed by atoms with Crippen molar-refractivity contribution >= 4 is 5.91 Å². The van der Waals surface area contributed by atoms with Crippen molar-refractivity contribution in [3.63, 3.8) is 0 Å². The highest BCUT2D eigenvalue weighted by Crippen LogP contribution is 2.26. The maximum absolute atomic E-state index is 12.6. The monoisotopic (exact) mass is 304 g/mol. The third kappa shape index (κ3) is 3.87. The Kier molecular flexibility index (Phi) is 5.98. The second kappa shape index (κ2) is 7.75. The number of carbonyl (C=O) groups is 1. The molecule has 0 saturated carbocycles. The van der Waals surface area contributed by atoms with Crippen LogP contribution in [0.15, 0.2) is 30.3 Å². The van der Waals surface area contributed by atoms with E-state index in [1.54, 1.807) is 7.11 Å². The van der Waals surface area contributed by atoms with Crippen LogP contribution in [-0.2, 0) is 9.53 Å². The summed E-state index contributed by atoms with van der Waals surface area (Å²) in [5.74, 6) is 0.813. The molecule has 2 rings (SSSR count). The Labute approximate surface area is 133 Å². The van der Waals surface area contributed by atoms with Crippen molar-refractivity contribution in [2.45, 2.75) is 38.2 Å². The summed E-state index contributed by atoms with van der Waals surface area (Å²) in [5.41, 5.74) is 0.610. The van der Waals surface area contributed by atoms with Crippen molar-refractivity contribution in [2.75, 3.05) is 26.7 Å². The molecule has 0 bridgehead atoms. The van der Waals surface area contributed by atoms with Gasteiger partial charge in [0.1, 0.15) is 5.60 Å². The van der Waals surface area contributed by atoms with Gasteiger partial charge in [0.25, 0.3) is 5.91 Å². The Hall–Kier alpha value is -1.39. The fourth-order valence-corrected chi connectivity index (χ4v) is 3.16. The number of carbonyl (C=O) groups excluding carboxylic acids is 1. The van der Waals surface area contributed by atoms with Crippen LogP contribution in [-0.4, -0.2) is 38.3 Å². The van der Waals surface area contributed by atoms with E-state index in [-0.39, 0.29) is 5.91 Å². The average Bonchev–Trinajstić information content (AvgIpc) is 2.56. The molecule has 0 aliphatic carbocycles. The summed E-state index contributed by atoms with van der Waals surface area (Å²) in [7, 11) is 1.64. The Morgan fingerprint density at radius 3 is 2.45 bits per heavy atom. The Morgan fingerprint density at radius 1 is 1.27 bits per heavy atom. The molecule has 1 unspecified atom stereocenters. The molecule has 1 aromatic rings. The highest BCUT2D eigenvalue weighted by molar-refractivity contribution is 5.85. The molecule has 1 amide bonds. The van der Waals surface area contributed by atoms with Gasteiger partial charge >= 0.3 is 0 Å². The van der Waals surface area contributed by atoms with Crippen molar-refractivity contribution in [2.24, 2.45) is 5.92 Å². The number of piperidine rings is 1. The molecule has 1 aromatic carbocycles. The van der Waals surface area contributed by atoms with Crippen molar-refractivity contribution in [3.8, 4) is 0 Å².